The molecule has 0 atom stereocenters. The third-order valence-electron chi connectivity index (χ3n) is 2.43. The highest BCUT2D eigenvalue weighted by Crippen LogP contribution is 2.24. The van der Waals surface area contributed by atoms with Crippen LogP contribution >= 0.6 is 11.6 Å². The van der Waals surface area contributed by atoms with Gasteiger partial charge in [-0.3, -0.25) is 5.10 Å². The lowest BCUT2D eigenvalue weighted by Gasteiger charge is -2.03. The van der Waals surface area contributed by atoms with Gasteiger partial charge in [-0.2, -0.15) is 5.10 Å². The molecule has 0 bridgehead atoms. The molecule has 0 amide bonds. The first kappa shape index (κ1) is 10.0. The number of nitrogens with zero attached hydrogens (tertiary/aromatic N) is 3. The highest BCUT2D eigenvalue weighted by Gasteiger charge is 2.07. The number of nitrogens with two attached hydrogens (primary N) is 1. The van der Waals surface area contributed by atoms with Gasteiger partial charge in [0.15, 0.2) is 0 Å². The number of hydrogen-bond donors (Lipinski definition) is 2. The summed E-state index contributed by atoms with van der Waals surface area (Å²) in [6.45, 7) is 0. The number of nitrogen functional groups attached to an aromatic ring is 1. The van der Waals surface area contributed by atoms with E-state index in [0.29, 0.717) is 21.9 Å². The molecule has 0 saturated carbocycles. The zero-order chi connectivity index (χ0) is 11.8. The quantitative estimate of drug-likeness (QED) is 0.645. The Bertz CT molecular complexity index is 678. The van der Waals surface area contributed by atoms with E-state index in [-0.39, 0.29) is 0 Å². The molecule has 0 aliphatic heterocycles. The summed E-state index contributed by atoms with van der Waals surface area (Å²) in [6.07, 6.45) is 1.67. The van der Waals surface area contributed by atoms with Gasteiger partial charge in [0.05, 0.1) is 22.6 Å². The zero-order valence-electron chi connectivity index (χ0n) is 8.68. The summed E-state index contributed by atoms with van der Waals surface area (Å²) in [5, 5.41) is 7.10. The summed E-state index contributed by atoms with van der Waals surface area (Å²) in [7, 11) is 0. The molecule has 3 rings (SSSR count). The van der Waals surface area contributed by atoms with E-state index in [1.54, 1.807) is 12.3 Å². The van der Waals surface area contributed by atoms with Gasteiger partial charge in [-0.25, -0.2) is 9.97 Å². The second-order valence-corrected chi connectivity index (χ2v) is 3.96. The molecule has 0 saturated heterocycles. The van der Waals surface area contributed by atoms with Crippen molar-refractivity contribution >= 4 is 28.3 Å². The van der Waals surface area contributed by atoms with Crippen molar-refractivity contribution in [2.75, 3.05) is 5.73 Å². The third kappa shape index (κ3) is 1.70. The molecule has 5 nitrogen and oxygen atoms in total. The SMILES string of the molecule is Nc1cc(Cl)nc2ccc(-c3ccn[nH]3)nc12. The van der Waals surface area contributed by atoms with Crippen LogP contribution in [0.15, 0.2) is 30.5 Å². The molecule has 0 unspecified atom stereocenters. The number of H-pyrrole nitrogens is 1. The fourth-order valence-electron chi connectivity index (χ4n) is 1.65. The van der Waals surface area contributed by atoms with Gasteiger partial charge in [-0.05, 0) is 18.2 Å². The minimum absolute atomic E-state index is 0.367. The third-order valence-corrected chi connectivity index (χ3v) is 2.62. The summed E-state index contributed by atoms with van der Waals surface area (Å²) in [5.41, 5.74) is 9.30. The Balaban J connectivity index is 2.26. The maximum absolute atomic E-state index is 5.87. The minimum atomic E-state index is 0.367. The van der Waals surface area contributed by atoms with Crippen LogP contribution in [-0.2, 0) is 0 Å². The maximum atomic E-state index is 5.87. The molecule has 3 aromatic rings. The Labute approximate surface area is 102 Å². The van der Waals surface area contributed by atoms with Crippen molar-refractivity contribution < 1.29 is 0 Å². The van der Waals surface area contributed by atoms with E-state index in [2.05, 4.69) is 20.2 Å². The molecule has 0 spiro atoms. The van der Waals surface area contributed by atoms with Crippen molar-refractivity contribution in [3.05, 3.63) is 35.6 Å². The van der Waals surface area contributed by atoms with Gasteiger partial charge >= 0.3 is 0 Å². The van der Waals surface area contributed by atoms with E-state index in [0.717, 1.165) is 11.4 Å². The highest BCUT2D eigenvalue weighted by molar-refractivity contribution is 6.30. The lowest BCUT2D eigenvalue weighted by Crippen LogP contribution is -1.94. The Morgan fingerprint density at radius 2 is 2.06 bits per heavy atom. The topological polar surface area (TPSA) is 80.5 Å². The second kappa shape index (κ2) is 3.71. The summed E-state index contributed by atoms with van der Waals surface area (Å²) in [4.78, 5) is 8.60. The molecule has 3 aromatic heterocycles. The van der Waals surface area contributed by atoms with Crippen molar-refractivity contribution in [3.8, 4) is 11.4 Å². The van der Waals surface area contributed by atoms with Crippen molar-refractivity contribution in [3.63, 3.8) is 0 Å². The first-order chi connectivity index (χ1) is 8.24. The van der Waals surface area contributed by atoms with E-state index in [4.69, 9.17) is 17.3 Å². The molecule has 0 aliphatic rings. The number of nitrogens with one attached hydrogen (secondary N) is 1. The Morgan fingerprint density at radius 3 is 2.82 bits per heavy atom. The Morgan fingerprint density at radius 1 is 1.18 bits per heavy atom. The molecular formula is C11H8ClN5. The molecule has 0 aromatic carbocycles. The first-order valence-electron chi connectivity index (χ1n) is 4.96. The van der Waals surface area contributed by atoms with Crippen LogP contribution in [0.3, 0.4) is 0 Å². The van der Waals surface area contributed by atoms with Gasteiger partial charge in [0, 0.05) is 12.3 Å². The Hall–Kier alpha value is -2.14. The normalized spacial score (nSPS) is 10.9. The molecule has 17 heavy (non-hydrogen) atoms. The zero-order valence-corrected chi connectivity index (χ0v) is 9.44. The lowest BCUT2D eigenvalue weighted by molar-refractivity contribution is 1.09. The number of fused-ring (bicyclic) bond motifs is 1. The fraction of sp³-hybridized carbons (Fsp3) is 0. The lowest BCUT2D eigenvalue weighted by atomic mass is 10.2. The van der Waals surface area contributed by atoms with Gasteiger partial charge in [0.25, 0.3) is 0 Å². The molecule has 3 N–H and O–H groups in total. The van der Waals surface area contributed by atoms with Gasteiger partial charge in [0.2, 0.25) is 0 Å². The molecule has 0 aliphatic carbocycles. The molecule has 3 heterocycles. The van der Waals surface area contributed by atoms with Crippen LogP contribution in [0.25, 0.3) is 22.4 Å². The predicted molar refractivity (Wildman–Crippen MR) is 66.5 cm³/mol. The molecular weight excluding hydrogens is 238 g/mol. The highest BCUT2D eigenvalue weighted by atomic mass is 35.5. The van der Waals surface area contributed by atoms with Gasteiger partial charge in [0.1, 0.15) is 10.7 Å². The maximum Gasteiger partial charge on any atom is 0.131 e. The molecule has 84 valence electrons. The standard InChI is InChI=1S/C11H8ClN5/c12-10-5-6(13)11-9(15-10)2-1-7(16-11)8-3-4-14-17-8/h1-5H,(H2,13,15)(H,14,17). The molecule has 6 heteroatoms. The number of aromatic nitrogens is 4. The van der Waals surface area contributed by atoms with Gasteiger partial charge < -0.3 is 5.73 Å². The van der Waals surface area contributed by atoms with Crippen LogP contribution in [0, 0.1) is 0 Å². The van der Waals surface area contributed by atoms with Crippen LogP contribution in [0.2, 0.25) is 5.15 Å². The number of rotatable bonds is 1. The van der Waals surface area contributed by atoms with E-state index in [1.165, 1.54) is 0 Å². The van der Waals surface area contributed by atoms with Gasteiger partial charge in [-0.1, -0.05) is 11.6 Å². The number of aromatic amines is 1. The van der Waals surface area contributed by atoms with Crippen molar-refractivity contribution in [1.82, 2.24) is 20.2 Å². The average molecular weight is 246 g/mol. The van der Waals surface area contributed by atoms with Crippen LogP contribution in [0.4, 0.5) is 5.69 Å². The van der Waals surface area contributed by atoms with Crippen molar-refractivity contribution in [1.29, 1.82) is 0 Å². The fourth-order valence-corrected chi connectivity index (χ4v) is 1.86. The Kier molecular flexibility index (Phi) is 2.19. The number of hydrogen-bond acceptors (Lipinski definition) is 4. The predicted octanol–water partition coefficient (Wildman–Crippen LogP) is 2.26. The van der Waals surface area contributed by atoms with Crippen molar-refractivity contribution in [2.24, 2.45) is 0 Å². The summed E-state index contributed by atoms with van der Waals surface area (Å²) in [6, 6.07) is 7.11. The number of halogens is 1. The van der Waals surface area contributed by atoms with E-state index in [1.807, 2.05) is 18.2 Å². The largest absolute Gasteiger partial charge is 0.397 e. The first-order valence-corrected chi connectivity index (χ1v) is 5.34. The molecule has 0 radical (unpaired) electrons. The van der Waals surface area contributed by atoms with Crippen LogP contribution in [0.1, 0.15) is 0 Å². The van der Waals surface area contributed by atoms with E-state index in [9.17, 15) is 0 Å². The van der Waals surface area contributed by atoms with Crippen LogP contribution in [-0.4, -0.2) is 20.2 Å². The van der Waals surface area contributed by atoms with Crippen LogP contribution < -0.4 is 5.73 Å². The average Bonchev–Trinajstić information content (AvgIpc) is 2.82. The summed E-state index contributed by atoms with van der Waals surface area (Å²) < 4.78 is 0. The molecule has 0 fully saturated rings. The van der Waals surface area contributed by atoms with Gasteiger partial charge in [-0.15, -0.1) is 0 Å². The van der Waals surface area contributed by atoms with E-state index >= 15 is 0 Å². The number of pyridine rings is 2. The summed E-state index contributed by atoms with van der Waals surface area (Å²) in [5.74, 6) is 0. The van der Waals surface area contributed by atoms with Crippen LogP contribution in [0.5, 0.6) is 0 Å². The van der Waals surface area contributed by atoms with E-state index < -0.39 is 0 Å². The van der Waals surface area contributed by atoms with Crippen molar-refractivity contribution in [2.45, 2.75) is 0 Å². The smallest absolute Gasteiger partial charge is 0.131 e. The summed E-state index contributed by atoms with van der Waals surface area (Å²) >= 11 is 5.83. The number of anilines is 1. The monoisotopic (exact) mass is 245 g/mol. The second-order valence-electron chi connectivity index (χ2n) is 3.57. The minimum Gasteiger partial charge on any atom is -0.397 e.